The minimum Gasteiger partial charge on any atom is -0.310 e. The Morgan fingerprint density at radius 1 is 1.30 bits per heavy atom. The van der Waals surface area contributed by atoms with Gasteiger partial charge < -0.3 is 9.47 Å². The van der Waals surface area contributed by atoms with Crippen molar-refractivity contribution < 1.29 is 4.79 Å². The Kier molecular flexibility index (Phi) is 6.27. The van der Waals surface area contributed by atoms with E-state index in [9.17, 15) is 4.79 Å². The summed E-state index contributed by atoms with van der Waals surface area (Å²) >= 11 is 2.97. The number of para-hydroxylation sites is 1. The van der Waals surface area contributed by atoms with Crippen molar-refractivity contribution in [2.75, 3.05) is 11.4 Å². The first kappa shape index (κ1) is 19.1. The molecule has 1 unspecified atom stereocenters. The van der Waals surface area contributed by atoms with Gasteiger partial charge in [-0.15, -0.1) is 21.5 Å². The molecule has 0 N–H and O–H groups in total. The Balaban J connectivity index is 1.77. The van der Waals surface area contributed by atoms with Gasteiger partial charge in [0.25, 0.3) is 0 Å². The zero-order chi connectivity index (χ0) is 19.2. The van der Waals surface area contributed by atoms with Crippen molar-refractivity contribution in [3.05, 3.63) is 47.8 Å². The van der Waals surface area contributed by atoms with E-state index in [1.54, 1.807) is 16.2 Å². The topological polar surface area (TPSA) is 74.8 Å². The molecule has 0 aliphatic heterocycles. The van der Waals surface area contributed by atoms with Gasteiger partial charge in [0.15, 0.2) is 11.0 Å². The average molecular weight is 398 g/mol. The van der Waals surface area contributed by atoms with Crippen molar-refractivity contribution in [1.29, 1.82) is 5.26 Å². The molecule has 2 aromatic heterocycles. The number of amides is 1. The van der Waals surface area contributed by atoms with E-state index in [0.29, 0.717) is 11.7 Å². The molecule has 1 atom stereocenters. The Morgan fingerprint density at radius 3 is 2.74 bits per heavy atom. The lowest BCUT2D eigenvalue weighted by Crippen LogP contribution is -2.37. The maximum Gasteiger partial charge on any atom is 0.240 e. The molecule has 138 valence electrons. The molecular weight excluding hydrogens is 378 g/mol. The third-order valence-corrected chi connectivity index (χ3v) is 5.97. The molecule has 0 bridgehead atoms. The second-order valence-electron chi connectivity index (χ2n) is 5.84. The van der Waals surface area contributed by atoms with Crippen molar-refractivity contribution >= 4 is 34.7 Å². The molecule has 27 heavy (non-hydrogen) atoms. The van der Waals surface area contributed by atoms with Crippen LogP contribution in [0.3, 0.4) is 0 Å². The summed E-state index contributed by atoms with van der Waals surface area (Å²) in [5.74, 6) is 0.735. The maximum atomic E-state index is 13.0. The van der Waals surface area contributed by atoms with Gasteiger partial charge in [-0.3, -0.25) is 4.79 Å². The summed E-state index contributed by atoms with van der Waals surface area (Å²) in [6.07, 6.45) is 0.282. The highest BCUT2D eigenvalue weighted by atomic mass is 32.2. The zero-order valence-corrected chi connectivity index (χ0v) is 16.7. The standard InChI is InChI=1S/C19H19N5OS2/c1-14(18(25)24(12-7-11-20)15-8-4-3-5-9-15)27-19-22-21-17(23(19)2)16-10-6-13-26-16/h3-6,8-10,13-14H,7,12H2,1-2H3. The quantitative estimate of drug-likeness (QED) is 0.564. The molecule has 0 aliphatic rings. The van der Waals surface area contributed by atoms with E-state index in [-0.39, 0.29) is 17.6 Å². The van der Waals surface area contributed by atoms with Gasteiger partial charge >= 0.3 is 0 Å². The SMILES string of the molecule is CC(Sc1nnc(-c2cccs2)n1C)C(=O)N(CCC#N)c1ccccc1. The largest absolute Gasteiger partial charge is 0.310 e. The lowest BCUT2D eigenvalue weighted by Gasteiger charge is -2.24. The van der Waals surface area contributed by atoms with Crippen LogP contribution in [0.1, 0.15) is 13.3 Å². The van der Waals surface area contributed by atoms with Crippen LogP contribution in [0.4, 0.5) is 5.69 Å². The lowest BCUT2D eigenvalue weighted by molar-refractivity contribution is -0.117. The van der Waals surface area contributed by atoms with Crippen molar-refractivity contribution in [1.82, 2.24) is 14.8 Å². The van der Waals surface area contributed by atoms with Gasteiger partial charge in [-0.05, 0) is 30.5 Å². The lowest BCUT2D eigenvalue weighted by atomic mass is 10.2. The summed E-state index contributed by atoms with van der Waals surface area (Å²) in [7, 11) is 1.90. The van der Waals surface area contributed by atoms with Gasteiger partial charge in [0.1, 0.15) is 0 Å². The van der Waals surface area contributed by atoms with E-state index in [1.807, 2.05) is 66.4 Å². The van der Waals surface area contributed by atoms with Crippen LogP contribution in [0.2, 0.25) is 0 Å². The van der Waals surface area contributed by atoms with Gasteiger partial charge in [-0.2, -0.15) is 5.26 Å². The van der Waals surface area contributed by atoms with E-state index < -0.39 is 0 Å². The molecule has 6 nitrogen and oxygen atoms in total. The highest BCUT2D eigenvalue weighted by Crippen LogP contribution is 2.29. The molecule has 1 aromatic carbocycles. The number of rotatable bonds is 7. The molecular formula is C19H19N5OS2. The molecule has 3 aromatic rings. The van der Waals surface area contributed by atoms with E-state index in [4.69, 9.17) is 5.26 Å². The monoisotopic (exact) mass is 397 g/mol. The van der Waals surface area contributed by atoms with Crippen molar-refractivity contribution in [2.45, 2.75) is 23.8 Å². The molecule has 0 aliphatic carbocycles. The van der Waals surface area contributed by atoms with Crippen LogP contribution in [0.15, 0.2) is 53.0 Å². The van der Waals surface area contributed by atoms with Gasteiger partial charge in [0.2, 0.25) is 5.91 Å². The van der Waals surface area contributed by atoms with Crippen LogP contribution < -0.4 is 4.90 Å². The molecule has 3 rings (SSSR count). The second-order valence-corrected chi connectivity index (χ2v) is 8.09. The van der Waals surface area contributed by atoms with Gasteiger partial charge in [-0.25, -0.2) is 0 Å². The van der Waals surface area contributed by atoms with Crippen LogP contribution in [0, 0.1) is 11.3 Å². The molecule has 8 heteroatoms. The third-order valence-electron chi connectivity index (χ3n) is 3.99. The number of carbonyl (C=O) groups excluding carboxylic acids is 1. The Hall–Kier alpha value is -2.63. The normalized spacial score (nSPS) is 11.7. The number of thiophene rings is 1. The molecule has 0 saturated carbocycles. The number of nitrogens with zero attached hydrogens (tertiary/aromatic N) is 5. The summed E-state index contributed by atoms with van der Waals surface area (Å²) in [6.45, 7) is 2.22. The Bertz CT molecular complexity index is 931. The average Bonchev–Trinajstić information content (AvgIpc) is 3.33. The fourth-order valence-corrected chi connectivity index (χ4v) is 4.22. The molecule has 2 heterocycles. The molecule has 1 amide bonds. The fraction of sp³-hybridized carbons (Fsp3) is 0.263. The van der Waals surface area contributed by atoms with E-state index >= 15 is 0 Å². The summed E-state index contributed by atoms with van der Waals surface area (Å²) in [4.78, 5) is 15.7. The van der Waals surface area contributed by atoms with Crippen molar-refractivity contribution in [3.8, 4) is 16.8 Å². The highest BCUT2D eigenvalue weighted by molar-refractivity contribution is 8.00. The molecule has 0 saturated heterocycles. The third kappa shape index (κ3) is 4.38. The minimum absolute atomic E-state index is 0.0536. The number of anilines is 1. The fourth-order valence-electron chi connectivity index (χ4n) is 2.60. The number of benzene rings is 1. The Morgan fingerprint density at radius 2 is 2.07 bits per heavy atom. The van der Waals surface area contributed by atoms with Crippen LogP contribution in [-0.4, -0.2) is 32.5 Å². The van der Waals surface area contributed by atoms with Gasteiger partial charge in [-0.1, -0.05) is 36.0 Å². The molecule has 0 spiro atoms. The number of hydrogen-bond donors (Lipinski definition) is 0. The van der Waals surface area contributed by atoms with Crippen LogP contribution in [0.5, 0.6) is 0 Å². The summed E-state index contributed by atoms with van der Waals surface area (Å²) < 4.78 is 1.91. The first-order chi connectivity index (χ1) is 13.1. The van der Waals surface area contributed by atoms with Crippen molar-refractivity contribution in [3.63, 3.8) is 0 Å². The second kappa shape index (κ2) is 8.84. The molecule has 0 radical (unpaired) electrons. The number of carbonyl (C=O) groups is 1. The van der Waals surface area contributed by atoms with Crippen molar-refractivity contribution in [2.24, 2.45) is 7.05 Å². The predicted molar refractivity (Wildman–Crippen MR) is 109 cm³/mol. The first-order valence-electron chi connectivity index (χ1n) is 8.45. The Labute approximate surface area is 166 Å². The summed E-state index contributed by atoms with van der Waals surface area (Å²) in [5, 5.41) is 19.8. The van der Waals surface area contributed by atoms with Gasteiger partial charge in [0.05, 0.1) is 22.6 Å². The number of aromatic nitrogens is 3. The van der Waals surface area contributed by atoms with Crippen LogP contribution in [-0.2, 0) is 11.8 Å². The number of thioether (sulfide) groups is 1. The van der Waals surface area contributed by atoms with Crippen LogP contribution in [0.25, 0.3) is 10.7 Å². The maximum absolute atomic E-state index is 13.0. The van der Waals surface area contributed by atoms with E-state index in [0.717, 1.165) is 16.4 Å². The highest BCUT2D eigenvalue weighted by Gasteiger charge is 2.25. The number of nitriles is 1. The first-order valence-corrected chi connectivity index (χ1v) is 10.2. The van der Waals surface area contributed by atoms with Gasteiger partial charge in [0, 0.05) is 19.3 Å². The zero-order valence-electron chi connectivity index (χ0n) is 15.1. The minimum atomic E-state index is -0.358. The summed E-state index contributed by atoms with van der Waals surface area (Å²) in [5.41, 5.74) is 0.794. The predicted octanol–water partition coefficient (Wildman–Crippen LogP) is 3.97. The van der Waals surface area contributed by atoms with E-state index in [1.165, 1.54) is 11.8 Å². The smallest absolute Gasteiger partial charge is 0.240 e. The van der Waals surface area contributed by atoms with Crippen LogP contribution >= 0.6 is 23.1 Å². The number of hydrogen-bond acceptors (Lipinski definition) is 6. The molecule has 0 fully saturated rings. The summed E-state index contributed by atoms with van der Waals surface area (Å²) in [6, 6.07) is 15.5. The van der Waals surface area contributed by atoms with E-state index in [2.05, 4.69) is 16.3 Å².